The van der Waals surface area contributed by atoms with Crippen LogP contribution in [0.4, 0.5) is 0 Å². The molecule has 2 aromatic rings. The molecule has 2 aliphatic heterocycles. The van der Waals surface area contributed by atoms with Crippen LogP contribution in [-0.2, 0) is 4.79 Å². The number of rotatable bonds is 4. The molecule has 4 nitrogen and oxygen atoms in total. The minimum atomic E-state index is 0.360. The van der Waals surface area contributed by atoms with Crippen molar-refractivity contribution in [2.24, 2.45) is 11.8 Å². The third-order valence-electron chi connectivity index (χ3n) is 6.19. The van der Waals surface area contributed by atoms with Gasteiger partial charge in [0.25, 0.3) is 0 Å². The van der Waals surface area contributed by atoms with Crippen LogP contribution >= 0.6 is 11.3 Å². The first-order valence-corrected chi connectivity index (χ1v) is 10.9. The van der Waals surface area contributed by atoms with Crippen molar-refractivity contribution in [2.45, 2.75) is 44.9 Å². The Labute approximate surface area is 160 Å². The number of carbonyl (C=O) groups is 1. The number of amides is 1. The van der Waals surface area contributed by atoms with Crippen LogP contribution in [0.3, 0.4) is 0 Å². The number of aromatic nitrogens is 1. The van der Waals surface area contributed by atoms with Crippen LogP contribution in [0.25, 0.3) is 10.2 Å². The number of hydrogen-bond donors (Lipinski definition) is 1. The normalized spacial score (nSPS) is 21.2. The van der Waals surface area contributed by atoms with Crippen molar-refractivity contribution in [3.8, 4) is 0 Å². The topological polar surface area (TPSA) is 45.2 Å². The average Bonchev–Trinajstić information content (AvgIpc) is 3.13. The molecule has 1 amide bonds. The SMILES string of the molecule is CC(CC(=O)N1CCC(c2nc3ccccc3s2)CC1)C1CCNCC1. The van der Waals surface area contributed by atoms with Crippen LogP contribution in [-0.4, -0.2) is 42.0 Å². The Hall–Kier alpha value is -1.46. The maximum absolute atomic E-state index is 12.7. The third-order valence-corrected chi connectivity index (χ3v) is 7.39. The van der Waals surface area contributed by atoms with Gasteiger partial charge in [-0.15, -0.1) is 11.3 Å². The van der Waals surface area contributed by atoms with E-state index < -0.39 is 0 Å². The molecule has 26 heavy (non-hydrogen) atoms. The molecule has 140 valence electrons. The van der Waals surface area contributed by atoms with Gasteiger partial charge in [0.2, 0.25) is 5.91 Å². The van der Waals surface area contributed by atoms with Gasteiger partial charge >= 0.3 is 0 Å². The third kappa shape index (κ3) is 3.94. The number of hydrogen-bond acceptors (Lipinski definition) is 4. The first kappa shape index (κ1) is 17.9. The highest BCUT2D eigenvalue weighted by Crippen LogP contribution is 2.34. The molecule has 1 aromatic carbocycles. The van der Waals surface area contributed by atoms with Gasteiger partial charge in [0.05, 0.1) is 15.2 Å². The lowest BCUT2D eigenvalue weighted by Gasteiger charge is -2.33. The number of nitrogens with zero attached hydrogens (tertiary/aromatic N) is 2. The molecule has 0 spiro atoms. The van der Waals surface area contributed by atoms with Crippen molar-refractivity contribution >= 4 is 27.5 Å². The van der Waals surface area contributed by atoms with E-state index in [9.17, 15) is 4.79 Å². The number of fused-ring (bicyclic) bond motifs is 1. The van der Waals surface area contributed by atoms with Crippen LogP contribution in [0.15, 0.2) is 24.3 Å². The summed E-state index contributed by atoms with van der Waals surface area (Å²) in [6.45, 7) is 6.26. The predicted molar refractivity (Wildman–Crippen MR) is 108 cm³/mol. The minimum Gasteiger partial charge on any atom is -0.343 e. The molecule has 2 saturated heterocycles. The largest absolute Gasteiger partial charge is 0.343 e. The van der Waals surface area contributed by atoms with Crippen LogP contribution in [0, 0.1) is 11.8 Å². The summed E-state index contributed by atoms with van der Waals surface area (Å²) in [6.07, 6.45) is 5.25. The first-order chi connectivity index (χ1) is 12.7. The van der Waals surface area contributed by atoms with E-state index in [1.165, 1.54) is 22.5 Å². The van der Waals surface area contributed by atoms with E-state index in [-0.39, 0.29) is 0 Å². The zero-order valence-electron chi connectivity index (χ0n) is 15.6. The zero-order valence-corrected chi connectivity index (χ0v) is 16.4. The number of carbonyl (C=O) groups excluding carboxylic acids is 1. The molecule has 1 atom stereocenters. The molecule has 0 saturated carbocycles. The standard InChI is InChI=1S/C21H29N3OS/c1-15(16-6-10-22-11-7-16)14-20(25)24-12-8-17(9-13-24)21-23-18-4-2-3-5-19(18)26-21/h2-5,15-17,22H,6-14H2,1H3. The quantitative estimate of drug-likeness (QED) is 0.883. The molecular weight excluding hydrogens is 342 g/mol. The monoisotopic (exact) mass is 371 g/mol. The summed E-state index contributed by atoms with van der Waals surface area (Å²) in [6, 6.07) is 8.37. The van der Waals surface area contributed by atoms with E-state index in [0.29, 0.717) is 23.7 Å². The molecule has 0 bridgehead atoms. The second kappa shape index (κ2) is 8.05. The highest BCUT2D eigenvalue weighted by Gasteiger charge is 2.28. The van der Waals surface area contributed by atoms with Gasteiger partial charge in [0.1, 0.15) is 0 Å². The Morgan fingerprint density at radius 1 is 1.23 bits per heavy atom. The smallest absolute Gasteiger partial charge is 0.222 e. The van der Waals surface area contributed by atoms with Gasteiger partial charge < -0.3 is 10.2 Å². The Balaban J connectivity index is 1.30. The fourth-order valence-electron chi connectivity index (χ4n) is 4.42. The highest BCUT2D eigenvalue weighted by molar-refractivity contribution is 7.18. The molecule has 5 heteroatoms. The molecule has 3 heterocycles. The second-order valence-electron chi connectivity index (χ2n) is 7.94. The number of para-hydroxylation sites is 1. The molecule has 4 rings (SSSR count). The van der Waals surface area contributed by atoms with Crippen LogP contribution in [0.2, 0.25) is 0 Å². The predicted octanol–water partition coefficient (Wildman–Crippen LogP) is 4.03. The molecular formula is C21H29N3OS. The van der Waals surface area contributed by atoms with E-state index >= 15 is 0 Å². The van der Waals surface area contributed by atoms with Crippen LogP contribution in [0.5, 0.6) is 0 Å². The summed E-state index contributed by atoms with van der Waals surface area (Å²) < 4.78 is 1.27. The van der Waals surface area contributed by atoms with Crippen LogP contribution in [0.1, 0.15) is 50.0 Å². The van der Waals surface area contributed by atoms with Gasteiger partial charge in [-0.05, 0) is 62.7 Å². The van der Waals surface area contributed by atoms with Crippen molar-refractivity contribution < 1.29 is 4.79 Å². The number of piperidine rings is 2. The average molecular weight is 372 g/mol. The van der Waals surface area contributed by atoms with E-state index in [2.05, 4.69) is 41.4 Å². The summed E-state index contributed by atoms with van der Waals surface area (Å²) in [4.78, 5) is 19.7. The number of benzene rings is 1. The summed E-state index contributed by atoms with van der Waals surface area (Å²) in [5.74, 6) is 2.09. The van der Waals surface area contributed by atoms with Crippen molar-refractivity contribution in [1.29, 1.82) is 0 Å². The molecule has 2 aliphatic rings. The van der Waals surface area contributed by atoms with E-state index in [0.717, 1.165) is 51.0 Å². The van der Waals surface area contributed by atoms with E-state index in [1.54, 1.807) is 0 Å². The van der Waals surface area contributed by atoms with Crippen molar-refractivity contribution in [3.05, 3.63) is 29.3 Å². The van der Waals surface area contributed by atoms with Crippen molar-refractivity contribution in [3.63, 3.8) is 0 Å². The molecule has 1 N–H and O–H groups in total. The number of thiazole rings is 1. The van der Waals surface area contributed by atoms with E-state index in [1.807, 2.05) is 11.3 Å². The van der Waals surface area contributed by atoms with E-state index in [4.69, 9.17) is 4.98 Å². The Morgan fingerprint density at radius 2 is 1.96 bits per heavy atom. The maximum atomic E-state index is 12.7. The van der Waals surface area contributed by atoms with Crippen LogP contribution < -0.4 is 5.32 Å². The maximum Gasteiger partial charge on any atom is 0.222 e. The molecule has 0 aliphatic carbocycles. The fourth-order valence-corrected chi connectivity index (χ4v) is 5.56. The summed E-state index contributed by atoms with van der Waals surface area (Å²) in [5, 5.41) is 4.67. The number of likely N-dealkylation sites (tertiary alicyclic amines) is 1. The Morgan fingerprint density at radius 3 is 2.69 bits per heavy atom. The lowest BCUT2D eigenvalue weighted by molar-refractivity contribution is -0.133. The highest BCUT2D eigenvalue weighted by atomic mass is 32.1. The molecule has 2 fully saturated rings. The first-order valence-electron chi connectivity index (χ1n) is 10.0. The van der Waals surface area contributed by atoms with Crippen molar-refractivity contribution in [2.75, 3.05) is 26.2 Å². The lowest BCUT2D eigenvalue weighted by Crippen LogP contribution is -2.39. The zero-order chi connectivity index (χ0) is 17.9. The lowest BCUT2D eigenvalue weighted by atomic mass is 9.83. The Bertz CT molecular complexity index is 712. The Kier molecular flexibility index (Phi) is 5.55. The molecule has 0 radical (unpaired) electrons. The number of nitrogens with one attached hydrogen (secondary N) is 1. The van der Waals surface area contributed by atoms with Gasteiger partial charge in [-0.1, -0.05) is 19.1 Å². The summed E-state index contributed by atoms with van der Waals surface area (Å²) in [7, 11) is 0. The van der Waals surface area contributed by atoms with Gasteiger partial charge in [0, 0.05) is 25.4 Å². The van der Waals surface area contributed by atoms with Gasteiger partial charge in [-0.25, -0.2) is 4.98 Å². The molecule has 1 unspecified atom stereocenters. The van der Waals surface area contributed by atoms with Crippen molar-refractivity contribution in [1.82, 2.24) is 15.2 Å². The van der Waals surface area contributed by atoms with Gasteiger partial charge in [-0.3, -0.25) is 4.79 Å². The van der Waals surface area contributed by atoms with Gasteiger partial charge in [0.15, 0.2) is 0 Å². The summed E-state index contributed by atoms with van der Waals surface area (Å²) in [5.41, 5.74) is 1.11. The fraction of sp³-hybridized carbons (Fsp3) is 0.619. The minimum absolute atomic E-state index is 0.360. The molecule has 1 aromatic heterocycles. The summed E-state index contributed by atoms with van der Waals surface area (Å²) >= 11 is 1.82. The van der Waals surface area contributed by atoms with Gasteiger partial charge in [-0.2, -0.15) is 0 Å². The second-order valence-corrected chi connectivity index (χ2v) is 9.01.